The summed E-state index contributed by atoms with van der Waals surface area (Å²) in [5.74, 6) is 0.748. The summed E-state index contributed by atoms with van der Waals surface area (Å²) in [6.45, 7) is 10.1. The van der Waals surface area contributed by atoms with Gasteiger partial charge in [0, 0.05) is 11.5 Å². The fourth-order valence-electron chi connectivity index (χ4n) is 1.64. The van der Waals surface area contributed by atoms with E-state index in [-0.39, 0.29) is 17.4 Å². The summed E-state index contributed by atoms with van der Waals surface area (Å²) in [6.07, 6.45) is 1.17. The highest BCUT2D eigenvalue weighted by atomic mass is 16.2. The highest BCUT2D eigenvalue weighted by Gasteiger charge is 2.27. The molecule has 1 rings (SSSR count). The second kappa shape index (κ2) is 4.30. The zero-order chi connectivity index (χ0) is 10.8. The summed E-state index contributed by atoms with van der Waals surface area (Å²) in [6, 6.07) is 0.289. The molecule has 0 saturated carbocycles. The Labute approximate surface area is 86.6 Å². The van der Waals surface area contributed by atoms with Crippen molar-refractivity contribution in [3.63, 3.8) is 0 Å². The molecule has 0 bridgehead atoms. The Morgan fingerprint density at radius 1 is 1.50 bits per heavy atom. The quantitative estimate of drug-likeness (QED) is 0.699. The lowest BCUT2D eigenvalue weighted by atomic mass is 9.93. The van der Waals surface area contributed by atoms with Crippen molar-refractivity contribution in [2.75, 3.05) is 13.1 Å². The predicted molar refractivity (Wildman–Crippen MR) is 58.0 cm³/mol. The van der Waals surface area contributed by atoms with E-state index in [9.17, 15) is 4.79 Å². The number of carbonyl (C=O) groups excluding carboxylic acids is 1. The maximum absolute atomic E-state index is 11.7. The molecule has 1 aliphatic rings. The van der Waals surface area contributed by atoms with Crippen molar-refractivity contribution in [3.05, 3.63) is 0 Å². The molecule has 2 N–H and O–H groups in total. The average molecular weight is 198 g/mol. The second-order valence-corrected chi connectivity index (χ2v) is 5.27. The summed E-state index contributed by atoms with van der Waals surface area (Å²) in [7, 11) is 0. The molecular formula is C11H22N2O. The van der Waals surface area contributed by atoms with Gasteiger partial charge in [0.2, 0.25) is 5.91 Å². The molecular weight excluding hydrogens is 176 g/mol. The van der Waals surface area contributed by atoms with Crippen LogP contribution in [0.2, 0.25) is 0 Å². The molecule has 0 aromatic heterocycles. The Balaban J connectivity index is 2.39. The van der Waals surface area contributed by atoms with Crippen LogP contribution in [0, 0.1) is 11.3 Å². The molecule has 14 heavy (non-hydrogen) atoms. The zero-order valence-electron chi connectivity index (χ0n) is 9.68. The molecule has 0 radical (unpaired) electrons. The van der Waals surface area contributed by atoms with Crippen molar-refractivity contribution in [2.45, 2.75) is 40.2 Å². The number of hydrogen-bond acceptors (Lipinski definition) is 2. The van der Waals surface area contributed by atoms with Gasteiger partial charge in [-0.1, -0.05) is 20.8 Å². The highest BCUT2D eigenvalue weighted by Crippen LogP contribution is 2.16. The highest BCUT2D eigenvalue weighted by molar-refractivity contribution is 5.81. The minimum Gasteiger partial charge on any atom is -0.353 e. The Morgan fingerprint density at radius 3 is 2.57 bits per heavy atom. The van der Waals surface area contributed by atoms with Crippen LogP contribution in [0.25, 0.3) is 0 Å². The van der Waals surface area contributed by atoms with Gasteiger partial charge >= 0.3 is 0 Å². The lowest BCUT2D eigenvalue weighted by Gasteiger charge is -2.25. The van der Waals surface area contributed by atoms with Crippen LogP contribution in [0.15, 0.2) is 0 Å². The fourth-order valence-corrected chi connectivity index (χ4v) is 1.64. The van der Waals surface area contributed by atoms with Crippen molar-refractivity contribution in [1.82, 2.24) is 10.6 Å². The first-order valence-electron chi connectivity index (χ1n) is 5.43. The largest absolute Gasteiger partial charge is 0.353 e. The lowest BCUT2D eigenvalue weighted by molar-refractivity contribution is -0.129. The van der Waals surface area contributed by atoms with Crippen molar-refractivity contribution in [2.24, 2.45) is 11.3 Å². The molecule has 2 unspecified atom stereocenters. The first kappa shape index (κ1) is 11.5. The van der Waals surface area contributed by atoms with Gasteiger partial charge in [-0.3, -0.25) is 4.79 Å². The average Bonchev–Trinajstić information content (AvgIpc) is 2.53. The summed E-state index contributed by atoms with van der Waals surface area (Å²) >= 11 is 0. The number of amides is 1. The Morgan fingerprint density at radius 2 is 2.14 bits per heavy atom. The summed E-state index contributed by atoms with van der Waals surface area (Å²) in [5.41, 5.74) is -0.277. The first-order chi connectivity index (χ1) is 6.41. The van der Waals surface area contributed by atoms with Crippen LogP contribution in [0.1, 0.15) is 34.1 Å². The van der Waals surface area contributed by atoms with Crippen LogP contribution >= 0.6 is 0 Å². The van der Waals surface area contributed by atoms with Gasteiger partial charge in [-0.15, -0.1) is 0 Å². The summed E-state index contributed by atoms with van der Waals surface area (Å²) < 4.78 is 0. The van der Waals surface area contributed by atoms with Gasteiger partial charge in [0.1, 0.15) is 0 Å². The van der Waals surface area contributed by atoms with Crippen molar-refractivity contribution >= 4 is 5.91 Å². The van der Waals surface area contributed by atoms with E-state index in [2.05, 4.69) is 17.6 Å². The van der Waals surface area contributed by atoms with E-state index < -0.39 is 0 Å². The Kier molecular flexibility index (Phi) is 3.53. The molecule has 0 aromatic carbocycles. The van der Waals surface area contributed by atoms with Gasteiger partial charge in [-0.2, -0.15) is 0 Å². The second-order valence-electron chi connectivity index (χ2n) is 5.27. The molecule has 3 nitrogen and oxygen atoms in total. The van der Waals surface area contributed by atoms with Gasteiger partial charge < -0.3 is 10.6 Å². The maximum atomic E-state index is 11.7. The van der Waals surface area contributed by atoms with E-state index in [1.54, 1.807) is 0 Å². The van der Waals surface area contributed by atoms with Gasteiger partial charge in [-0.25, -0.2) is 0 Å². The predicted octanol–water partition coefficient (Wildman–Crippen LogP) is 1.15. The number of nitrogens with one attached hydrogen (secondary N) is 2. The van der Waals surface area contributed by atoms with Crippen LogP contribution in [0.5, 0.6) is 0 Å². The van der Waals surface area contributed by atoms with Crippen molar-refractivity contribution < 1.29 is 4.79 Å². The molecule has 0 spiro atoms. The molecule has 1 saturated heterocycles. The summed E-state index contributed by atoms with van der Waals surface area (Å²) in [4.78, 5) is 11.7. The van der Waals surface area contributed by atoms with Gasteiger partial charge in [-0.05, 0) is 32.4 Å². The van der Waals surface area contributed by atoms with E-state index >= 15 is 0 Å². The number of rotatable bonds is 2. The first-order valence-corrected chi connectivity index (χ1v) is 5.43. The van der Waals surface area contributed by atoms with Gasteiger partial charge in [0.25, 0.3) is 0 Å². The third-order valence-electron chi connectivity index (χ3n) is 2.85. The third-order valence-corrected chi connectivity index (χ3v) is 2.85. The Bertz CT molecular complexity index is 202. The number of carbonyl (C=O) groups is 1. The minimum absolute atomic E-state index is 0.150. The molecule has 1 fully saturated rings. The van der Waals surface area contributed by atoms with Crippen LogP contribution in [-0.4, -0.2) is 25.0 Å². The van der Waals surface area contributed by atoms with Crippen LogP contribution in [-0.2, 0) is 4.79 Å². The van der Waals surface area contributed by atoms with Crippen LogP contribution in [0.4, 0.5) is 0 Å². The van der Waals surface area contributed by atoms with Crippen LogP contribution < -0.4 is 10.6 Å². The third kappa shape index (κ3) is 2.98. The van der Waals surface area contributed by atoms with E-state index in [1.807, 2.05) is 20.8 Å². The minimum atomic E-state index is -0.277. The summed E-state index contributed by atoms with van der Waals surface area (Å²) in [5, 5.41) is 6.40. The molecule has 1 aliphatic heterocycles. The Hall–Kier alpha value is -0.570. The maximum Gasteiger partial charge on any atom is 0.225 e. The van der Waals surface area contributed by atoms with E-state index in [0.29, 0.717) is 5.92 Å². The van der Waals surface area contributed by atoms with Gasteiger partial charge in [0.05, 0.1) is 0 Å². The lowest BCUT2D eigenvalue weighted by Crippen LogP contribution is -2.44. The molecule has 1 heterocycles. The molecule has 0 aromatic rings. The zero-order valence-corrected chi connectivity index (χ0v) is 9.68. The van der Waals surface area contributed by atoms with E-state index in [4.69, 9.17) is 0 Å². The molecule has 82 valence electrons. The topological polar surface area (TPSA) is 41.1 Å². The van der Waals surface area contributed by atoms with Gasteiger partial charge in [0.15, 0.2) is 0 Å². The molecule has 3 heteroatoms. The normalized spacial score (nSPS) is 24.7. The monoisotopic (exact) mass is 198 g/mol. The molecule has 0 aliphatic carbocycles. The van der Waals surface area contributed by atoms with Crippen LogP contribution in [0.3, 0.4) is 0 Å². The molecule has 1 amide bonds. The van der Waals surface area contributed by atoms with E-state index in [0.717, 1.165) is 13.1 Å². The van der Waals surface area contributed by atoms with Crippen molar-refractivity contribution in [3.8, 4) is 0 Å². The van der Waals surface area contributed by atoms with Crippen molar-refractivity contribution in [1.29, 1.82) is 0 Å². The fraction of sp³-hybridized carbons (Fsp3) is 0.909. The SMILES string of the molecule is CC(NC(=O)C(C)(C)C)C1CCNC1. The van der Waals surface area contributed by atoms with E-state index in [1.165, 1.54) is 6.42 Å². The standard InChI is InChI=1S/C11H22N2O/c1-8(9-5-6-12-7-9)13-10(14)11(2,3)4/h8-9,12H,5-7H2,1-4H3,(H,13,14). The molecule has 2 atom stereocenters. The number of hydrogen-bond donors (Lipinski definition) is 2. The smallest absolute Gasteiger partial charge is 0.225 e.